The second kappa shape index (κ2) is 13.0. The maximum atomic E-state index is 5.26. The average Bonchev–Trinajstić information content (AvgIpc) is 3.80. The Labute approximate surface area is 323 Å². The van der Waals surface area contributed by atoms with Gasteiger partial charge in [0.15, 0.2) is 11.6 Å². The number of hydrogen-bond acceptors (Lipinski definition) is 3. The summed E-state index contributed by atoms with van der Waals surface area (Å²) in [6, 6.07) is 70.3. The molecule has 5 nitrogen and oxygen atoms in total. The Bertz CT molecular complexity index is 3200. The molecule has 0 aliphatic heterocycles. The van der Waals surface area contributed by atoms with Gasteiger partial charge in [-0.3, -0.25) is 4.57 Å². The van der Waals surface area contributed by atoms with Gasteiger partial charge < -0.3 is 4.57 Å². The summed E-state index contributed by atoms with van der Waals surface area (Å²) < 4.78 is 4.60. The Morgan fingerprint density at radius 3 is 1.34 bits per heavy atom. The summed E-state index contributed by atoms with van der Waals surface area (Å²) in [5.41, 5.74) is 12.1. The molecule has 0 atom stereocenters. The summed E-state index contributed by atoms with van der Waals surface area (Å²) in [6.45, 7) is 0. The molecule has 0 N–H and O–H groups in total. The van der Waals surface area contributed by atoms with Crippen molar-refractivity contribution in [2.75, 3.05) is 0 Å². The van der Waals surface area contributed by atoms with Crippen LogP contribution in [-0.4, -0.2) is 24.1 Å². The molecule has 0 aliphatic rings. The summed E-state index contributed by atoms with van der Waals surface area (Å²) in [4.78, 5) is 15.5. The predicted molar refractivity (Wildman–Crippen MR) is 230 cm³/mol. The van der Waals surface area contributed by atoms with E-state index < -0.39 is 0 Å². The third kappa shape index (κ3) is 5.21. The topological polar surface area (TPSA) is 48.5 Å². The Morgan fingerprint density at radius 2 is 0.732 bits per heavy atom. The van der Waals surface area contributed by atoms with Crippen molar-refractivity contribution in [3.8, 4) is 56.7 Å². The van der Waals surface area contributed by atoms with Gasteiger partial charge in [0, 0.05) is 38.4 Å². The van der Waals surface area contributed by atoms with Crippen molar-refractivity contribution in [1.82, 2.24) is 24.1 Å². The van der Waals surface area contributed by atoms with Gasteiger partial charge in [-0.2, -0.15) is 9.97 Å². The number of fused-ring (bicyclic) bond motifs is 7. The van der Waals surface area contributed by atoms with Gasteiger partial charge in [0.2, 0.25) is 5.95 Å². The minimum Gasteiger partial charge on any atom is -0.309 e. The predicted octanol–water partition coefficient (Wildman–Crippen LogP) is 12.7. The minimum atomic E-state index is 0.572. The van der Waals surface area contributed by atoms with Gasteiger partial charge in [0.05, 0.1) is 22.1 Å². The summed E-state index contributed by atoms with van der Waals surface area (Å²) in [5.74, 6) is 1.81. The van der Waals surface area contributed by atoms with Gasteiger partial charge in [0.25, 0.3) is 0 Å². The van der Waals surface area contributed by atoms with Gasteiger partial charge in [-0.25, -0.2) is 4.98 Å². The van der Waals surface area contributed by atoms with Crippen LogP contribution in [0.4, 0.5) is 0 Å². The number of benzene rings is 8. The van der Waals surface area contributed by atoms with E-state index in [0.29, 0.717) is 17.6 Å². The van der Waals surface area contributed by atoms with Crippen LogP contribution in [0.1, 0.15) is 0 Å². The van der Waals surface area contributed by atoms with E-state index >= 15 is 0 Å². The molecular formula is C51H33N5. The molecular weight excluding hydrogens is 683 g/mol. The van der Waals surface area contributed by atoms with Gasteiger partial charge in [-0.15, -0.1) is 0 Å². The fourth-order valence-electron chi connectivity index (χ4n) is 8.18. The molecule has 0 fully saturated rings. The second-order valence-electron chi connectivity index (χ2n) is 14.1. The molecule has 0 bridgehead atoms. The maximum Gasteiger partial charge on any atom is 0.238 e. The Morgan fingerprint density at radius 1 is 0.286 bits per heavy atom. The van der Waals surface area contributed by atoms with Gasteiger partial charge >= 0.3 is 0 Å². The third-order valence-electron chi connectivity index (χ3n) is 10.8. The van der Waals surface area contributed by atoms with Gasteiger partial charge in [0.1, 0.15) is 0 Å². The summed E-state index contributed by atoms with van der Waals surface area (Å²) >= 11 is 0. The van der Waals surface area contributed by atoms with Gasteiger partial charge in [-0.1, -0.05) is 170 Å². The third-order valence-corrected chi connectivity index (χ3v) is 10.8. The average molecular weight is 716 g/mol. The molecule has 8 aromatic carbocycles. The molecule has 11 aromatic rings. The number of hydrogen-bond donors (Lipinski definition) is 0. The highest BCUT2D eigenvalue weighted by Gasteiger charge is 2.22. The number of nitrogens with zero attached hydrogens (tertiary/aromatic N) is 5. The molecule has 0 radical (unpaired) electrons. The van der Waals surface area contributed by atoms with Crippen molar-refractivity contribution in [2.24, 2.45) is 0 Å². The quantitative estimate of drug-likeness (QED) is 0.172. The zero-order valence-corrected chi connectivity index (χ0v) is 30.3. The largest absolute Gasteiger partial charge is 0.309 e. The molecule has 262 valence electrons. The van der Waals surface area contributed by atoms with E-state index in [-0.39, 0.29) is 0 Å². The van der Waals surface area contributed by atoms with Crippen molar-refractivity contribution in [1.29, 1.82) is 0 Å². The van der Waals surface area contributed by atoms with Crippen LogP contribution in [0.5, 0.6) is 0 Å². The van der Waals surface area contributed by atoms with Crippen molar-refractivity contribution in [3.63, 3.8) is 0 Å². The first-order valence-electron chi connectivity index (χ1n) is 18.9. The summed E-state index contributed by atoms with van der Waals surface area (Å²) in [5, 5.41) is 4.72. The van der Waals surface area contributed by atoms with Crippen molar-refractivity contribution in [2.45, 2.75) is 0 Å². The highest BCUT2D eigenvalue weighted by molar-refractivity contribution is 6.26. The zero-order valence-electron chi connectivity index (χ0n) is 30.3. The van der Waals surface area contributed by atoms with Crippen LogP contribution in [0.25, 0.3) is 100 Å². The van der Waals surface area contributed by atoms with Gasteiger partial charge in [-0.05, 0) is 52.6 Å². The minimum absolute atomic E-state index is 0.572. The van der Waals surface area contributed by atoms with Crippen LogP contribution in [0, 0.1) is 0 Å². The molecule has 5 heteroatoms. The number of para-hydroxylation sites is 3. The van der Waals surface area contributed by atoms with E-state index in [9.17, 15) is 0 Å². The zero-order chi connectivity index (χ0) is 37.0. The Balaban J connectivity index is 1.11. The normalized spacial score (nSPS) is 11.6. The fraction of sp³-hybridized carbons (Fsp3) is 0. The molecule has 0 saturated carbocycles. The van der Waals surface area contributed by atoms with Crippen molar-refractivity contribution >= 4 is 43.6 Å². The number of aromatic nitrogens is 5. The lowest BCUT2D eigenvalue weighted by molar-refractivity contribution is 0.953. The molecule has 0 unspecified atom stereocenters. The lowest BCUT2D eigenvalue weighted by Crippen LogP contribution is -2.06. The molecule has 0 spiro atoms. The molecule has 0 saturated heterocycles. The first-order chi connectivity index (χ1) is 27.8. The fourth-order valence-corrected chi connectivity index (χ4v) is 8.18. The molecule has 0 amide bonds. The van der Waals surface area contributed by atoms with Crippen LogP contribution < -0.4 is 0 Å². The Kier molecular flexibility index (Phi) is 7.42. The maximum absolute atomic E-state index is 5.26. The SMILES string of the molecule is c1ccc(-c2ccc(-c3ccc(-c4nc(-c5ccccc5)nc(-n5c6ccccc6c6c5ccc5c7ccccc7n(-c7ccccc7)c56)n4)cc3)cc2)cc1. The van der Waals surface area contributed by atoms with Crippen LogP contribution in [0.2, 0.25) is 0 Å². The molecule has 11 rings (SSSR count). The molecule has 3 aromatic heterocycles. The first kappa shape index (κ1) is 31.9. The van der Waals surface area contributed by atoms with Crippen LogP contribution >= 0.6 is 0 Å². The first-order valence-corrected chi connectivity index (χ1v) is 18.9. The highest BCUT2D eigenvalue weighted by Crippen LogP contribution is 2.42. The Hall–Kier alpha value is -7.63. The van der Waals surface area contributed by atoms with E-state index in [1.165, 1.54) is 27.4 Å². The van der Waals surface area contributed by atoms with E-state index in [2.05, 4.69) is 185 Å². The monoisotopic (exact) mass is 715 g/mol. The van der Waals surface area contributed by atoms with Crippen LogP contribution in [-0.2, 0) is 0 Å². The van der Waals surface area contributed by atoms with Crippen molar-refractivity contribution in [3.05, 3.63) is 200 Å². The van der Waals surface area contributed by atoms with Crippen LogP contribution in [0.3, 0.4) is 0 Å². The van der Waals surface area contributed by atoms with E-state index in [1.807, 2.05) is 24.3 Å². The molecule has 0 aliphatic carbocycles. The molecule has 56 heavy (non-hydrogen) atoms. The highest BCUT2D eigenvalue weighted by atomic mass is 15.2. The summed E-state index contributed by atoms with van der Waals surface area (Å²) in [7, 11) is 0. The lowest BCUT2D eigenvalue weighted by atomic mass is 9.99. The van der Waals surface area contributed by atoms with Crippen molar-refractivity contribution < 1.29 is 0 Å². The molecule has 3 heterocycles. The van der Waals surface area contributed by atoms with Crippen LogP contribution in [0.15, 0.2) is 200 Å². The standard InChI is InChI=1S/C51H33N5/c1-4-14-34(15-5-1)35-24-26-36(27-25-35)37-28-30-39(31-29-37)50-52-49(38-16-6-2-7-17-38)53-51(54-50)56-45-23-13-11-21-43(45)47-46(56)33-32-42-41-20-10-12-22-44(41)55(48(42)47)40-18-8-3-9-19-40/h1-33H. The second-order valence-corrected chi connectivity index (χ2v) is 14.1. The smallest absolute Gasteiger partial charge is 0.238 e. The number of rotatable bonds is 6. The lowest BCUT2D eigenvalue weighted by Gasteiger charge is -2.12. The van der Waals surface area contributed by atoms with E-state index in [1.54, 1.807) is 0 Å². The van der Waals surface area contributed by atoms with E-state index in [4.69, 9.17) is 15.0 Å². The summed E-state index contributed by atoms with van der Waals surface area (Å²) in [6.07, 6.45) is 0. The van der Waals surface area contributed by atoms with E-state index in [0.717, 1.165) is 55.3 Å².